The summed E-state index contributed by atoms with van der Waals surface area (Å²) in [6.45, 7) is 0.945. The Morgan fingerprint density at radius 2 is 1.95 bits per heavy atom. The van der Waals surface area contributed by atoms with Gasteiger partial charge in [0, 0.05) is 25.4 Å². The fourth-order valence-corrected chi connectivity index (χ4v) is 2.07. The number of ether oxygens (including phenoxy) is 1. The number of likely N-dealkylation sites (tertiary alicyclic amines) is 1. The molecule has 0 aliphatic carbocycles. The highest BCUT2D eigenvalue weighted by Gasteiger charge is 2.29. The van der Waals surface area contributed by atoms with Gasteiger partial charge in [0.1, 0.15) is 6.10 Å². The number of carbonyl (C=O) groups is 1. The third-order valence-electron chi connectivity index (χ3n) is 3.06. The maximum atomic E-state index is 12.7. The van der Waals surface area contributed by atoms with Crippen LogP contribution < -0.4 is 4.74 Å². The highest BCUT2D eigenvalue weighted by atomic mass is 19.1. The van der Waals surface area contributed by atoms with E-state index in [1.54, 1.807) is 11.0 Å². The van der Waals surface area contributed by atoms with Gasteiger partial charge in [0.15, 0.2) is 5.82 Å². The number of nitrogens with zero attached hydrogens (tertiary/aromatic N) is 5. The van der Waals surface area contributed by atoms with Crippen LogP contribution in [0.4, 0.5) is 4.39 Å². The summed E-state index contributed by atoms with van der Waals surface area (Å²) in [4.78, 5) is 29.1. The third-order valence-corrected chi connectivity index (χ3v) is 3.06. The molecule has 3 heterocycles. The molecule has 21 heavy (non-hydrogen) atoms. The van der Waals surface area contributed by atoms with Crippen LogP contribution in [0.25, 0.3) is 0 Å². The van der Waals surface area contributed by atoms with Gasteiger partial charge in [0.05, 0.1) is 18.9 Å². The van der Waals surface area contributed by atoms with Crippen molar-refractivity contribution in [3.05, 3.63) is 42.5 Å². The van der Waals surface area contributed by atoms with Gasteiger partial charge in [-0.05, 0) is 6.07 Å². The van der Waals surface area contributed by atoms with Gasteiger partial charge in [-0.3, -0.25) is 4.79 Å². The highest BCUT2D eigenvalue weighted by molar-refractivity contribution is 5.90. The minimum Gasteiger partial charge on any atom is -0.458 e. The molecule has 1 atom stereocenters. The van der Waals surface area contributed by atoms with Crippen molar-refractivity contribution in [3.63, 3.8) is 0 Å². The Kier molecular flexibility index (Phi) is 3.67. The van der Waals surface area contributed by atoms with E-state index >= 15 is 0 Å². The monoisotopic (exact) mass is 289 g/mol. The van der Waals surface area contributed by atoms with E-state index in [2.05, 4.69) is 19.9 Å². The van der Waals surface area contributed by atoms with Crippen molar-refractivity contribution in [3.8, 4) is 6.01 Å². The second-order valence-electron chi connectivity index (χ2n) is 4.54. The van der Waals surface area contributed by atoms with Gasteiger partial charge in [0.25, 0.3) is 5.91 Å². The van der Waals surface area contributed by atoms with E-state index in [1.165, 1.54) is 12.4 Å². The largest absolute Gasteiger partial charge is 0.458 e. The van der Waals surface area contributed by atoms with Crippen molar-refractivity contribution in [1.82, 2.24) is 24.8 Å². The van der Waals surface area contributed by atoms with Crippen LogP contribution in [0.2, 0.25) is 0 Å². The van der Waals surface area contributed by atoms with Crippen LogP contribution in [0.5, 0.6) is 6.01 Å². The van der Waals surface area contributed by atoms with Gasteiger partial charge in [0.2, 0.25) is 5.82 Å². The van der Waals surface area contributed by atoms with Crippen molar-refractivity contribution in [1.29, 1.82) is 0 Å². The van der Waals surface area contributed by atoms with E-state index in [9.17, 15) is 9.18 Å². The Bertz CT molecular complexity index is 622. The highest BCUT2D eigenvalue weighted by Crippen LogP contribution is 2.16. The maximum absolute atomic E-state index is 12.7. The predicted octanol–water partition coefficient (Wildman–Crippen LogP) is 0.699. The lowest BCUT2D eigenvalue weighted by atomic mass is 10.3. The molecular formula is C13H12FN5O2. The van der Waals surface area contributed by atoms with Crippen molar-refractivity contribution >= 4 is 5.91 Å². The lowest BCUT2D eigenvalue weighted by Gasteiger charge is -2.15. The van der Waals surface area contributed by atoms with Crippen molar-refractivity contribution in [2.45, 2.75) is 12.5 Å². The van der Waals surface area contributed by atoms with Crippen LogP contribution in [0.1, 0.15) is 17.0 Å². The van der Waals surface area contributed by atoms with E-state index in [0.29, 0.717) is 19.5 Å². The number of hydrogen-bond acceptors (Lipinski definition) is 6. The number of aromatic nitrogens is 4. The summed E-state index contributed by atoms with van der Waals surface area (Å²) in [5, 5.41) is 0. The molecule has 8 heteroatoms. The fourth-order valence-electron chi connectivity index (χ4n) is 2.07. The molecule has 1 aliphatic rings. The van der Waals surface area contributed by atoms with Gasteiger partial charge >= 0.3 is 6.01 Å². The van der Waals surface area contributed by atoms with Crippen LogP contribution in [-0.4, -0.2) is 49.9 Å². The molecule has 3 rings (SSSR count). The summed E-state index contributed by atoms with van der Waals surface area (Å²) < 4.78 is 18.2. The molecule has 0 bridgehead atoms. The van der Waals surface area contributed by atoms with Crippen LogP contribution in [0.15, 0.2) is 30.9 Å². The smallest absolute Gasteiger partial charge is 0.316 e. The Balaban J connectivity index is 1.60. The minimum absolute atomic E-state index is 0.103. The molecule has 0 radical (unpaired) electrons. The van der Waals surface area contributed by atoms with Crippen LogP contribution >= 0.6 is 0 Å². The van der Waals surface area contributed by atoms with Gasteiger partial charge in [-0.25, -0.2) is 24.3 Å². The van der Waals surface area contributed by atoms with Gasteiger partial charge in [-0.2, -0.15) is 0 Å². The Labute approximate surface area is 119 Å². The molecule has 1 unspecified atom stereocenters. The first-order valence-electron chi connectivity index (χ1n) is 6.43. The summed E-state index contributed by atoms with van der Waals surface area (Å²) in [7, 11) is 0. The van der Waals surface area contributed by atoms with Gasteiger partial charge < -0.3 is 9.64 Å². The molecule has 0 saturated carbocycles. The first-order chi connectivity index (χ1) is 10.2. The van der Waals surface area contributed by atoms with E-state index in [0.717, 1.165) is 12.4 Å². The summed E-state index contributed by atoms with van der Waals surface area (Å²) in [6, 6.07) is 1.75. The number of amides is 1. The van der Waals surface area contributed by atoms with Crippen LogP contribution in [-0.2, 0) is 0 Å². The third kappa shape index (κ3) is 3.10. The summed E-state index contributed by atoms with van der Waals surface area (Å²) in [6.07, 6.45) is 5.56. The SMILES string of the molecule is O=C(c1ncccn1)N1CCC(Oc2ncc(F)cn2)C1. The molecule has 7 nitrogen and oxygen atoms in total. The summed E-state index contributed by atoms with van der Waals surface area (Å²) in [5.41, 5.74) is 0. The lowest BCUT2D eigenvalue weighted by molar-refractivity contribution is 0.0757. The normalized spacial score (nSPS) is 17.8. The number of carbonyl (C=O) groups excluding carboxylic acids is 1. The molecule has 0 spiro atoms. The minimum atomic E-state index is -0.521. The van der Waals surface area contributed by atoms with Crippen LogP contribution in [0.3, 0.4) is 0 Å². The zero-order valence-corrected chi connectivity index (χ0v) is 11.0. The molecule has 1 aliphatic heterocycles. The molecule has 1 saturated heterocycles. The zero-order valence-electron chi connectivity index (χ0n) is 11.0. The average molecular weight is 289 g/mol. The Morgan fingerprint density at radius 1 is 1.24 bits per heavy atom. The molecule has 0 aromatic carbocycles. The fraction of sp³-hybridized carbons (Fsp3) is 0.308. The van der Waals surface area contributed by atoms with Crippen LogP contribution in [0, 0.1) is 5.82 Å². The van der Waals surface area contributed by atoms with E-state index < -0.39 is 5.82 Å². The lowest BCUT2D eigenvalue weighted by Crippen LogP contribution is -2.32. The van der Waals surface area contributed by atoms with Gasteiger partial charge in [-0.1, -0.05) is 0 Å². The molecule has 108 valence electrons. The standard InChI is InChI=1S/C13H12FN5O2/c14-9-6-17-13(18-7-9)21-10-2-5-19(8-10)12(20)11-15-3-1-4-16-11/h1,3-4,6-7,10H,2,5,8H2. The second kappa shape index (κ2) is 5.78. The van der Waals surface area contributed by atoms with Crippen molar-refractivity contribution in [2.24, 2.45) is 0 Å². The second-order valence-corrected chi connectivity index (χ2v) is 4.54. The summed E-state index contributed by atoms with van der Waals surface area (Å²) in [5.74, 6) is -0.593. The Hall–Kier alpha value is -2.64. The molecule has 2 aromatic heterocycles. The first kappa shape index (κ1) is 13.3. The topological polar surface area (TPSA) is 81.1 Å². The maximum Gasteiger partial charge on any atom is 0.316 e. The zero-order chi connectivity index (χ0) is 14.7. The molecule has 2 aromatic rings. The Morgan fingerprint density at radius 3 is 2.67 bits per heavy atom. The van der Waals surface area contributed by atoms with E-state index in [4.69, 9.17) is 4.74 Å². The predicted molar refractivity (Wildman–Crippen MR) is 69.0 cm³/mol. The number of rotatable bonds is 3. The summed E-state index contributed by atoms with van der Waals surface area (Å²) >= 11 is 0. The van der Waals surface area contributed by atoms with Gasteiger partial charge in [-0.15, -0.1) is 0 Å². The van der Waals surface area contributed by atoms with Crippen molar-refractivity contribution in [2.75, 3.05) is 13.1 Å². The molecule has 0 N–H and O–H groups in total. The number of hydrogen-bond donors (Lipinski definition) is 0. The number of halogens is 1. The quantitative estimate of drug-likeness (QED) is 0.827. The first-order valence-corrected chi connectivity index (χ1v) is 6.43. The molecule has 1 fully saturated rings. The molecule has 1 amide bonds. The van der Waals surface area contributed by atoms with Crippen molar-refractivity contribution < 1.29 is 13.9 Å². The van der Waals surface area contributed by atoms with E-state index in [1.807, 2.05) is 0 Å². The average Bonchev–Trinajstić information content (AvgIpc) is 2.98. The van der Waals surface area contributed by atoms with E-state index in [-0.39, 0.29) is 23.8 Å². The molecular weight excluding hydrogens is 277 g/mol.